The topological polar surface area (TPSA) is 70.3 Å². The second-order valence-electron chi connectivity index (χ2n) is 5.41. The highest BCUT2D eigenvalue weighted by molar-refractivity contribution is 5.90. The number of ether oxygens (including phenoxy) is 2. The molecular weight excluding hydrogens is 242 g/mol. The predicted octanol–water partition coefficient (Wildman–Crippen LogP) is 2.53. The Morgan fingerprint density at radius 3 is 2.11 bits per heavy atom. The highest BCUT2D eigenvalue weighted by Gasteiger charge is 2.20. The first-order valence-electron chi connectivity index (χ1n) is 6.06. The monoisotopic (exact) mass is 261 g/mol. The van der Waals surface area contributed by atoms with E-state index >= 15 is 0 Å². The maximum atomic E-state index is 6.02. The summed E-state index contributed by atoms with van der Waals surface area (Å²) < 4.78 is 10.5. The van der Waals surface area contributed by atoms with E-state index in [-0.39, 0.29) is 5.41 Å². The van der Waals surface area contributed by atoms with Gasteiger partial charge < -0.3 is 15.2 Å². The van der Waals surface area contributed by atoms with Gasteiger partial charge in [0.1, 0.15) is 11.6 Å². The highest BCUT2D eigenvalue weighted by atomic mass is 16.5. The zero-order valence-electron chi connectivity index (χ0n) is 11.9. The minimum absolute atomic E-state index is 0.157. The lowest BCUT2D eigenvalue weighted by Crippen LogP contribution is -2.17. The summed E-state index contributed by atoms with van der Waals surface area (Å²) in [6.07, 6.45) is 0. The molecule has 0 saturated carbocycles. The lowest BCUT2D eigenvalue weighted by atomic mass is 9.95. The first-order valence-corrected chi connectivity index (χ1v) is 6.06. The van der Waals surface area contributed by atoms with Crippen LogP contribution in [-0.2, 0) is 5.41 Å². The van der Waals surface area contributed by atoms with Crippen LogP contribution >= 0.6 is 0 Å². The van der Waals surface area contributed by atoms with Crippen LogP contribution in [0.1, 0.15) is 26.6 Å². The highest BCUT2D eigenvalue weighted by Crippen LogP contribution is 2.34. The van der Waals surface area contributed by atoms with Gasteiger partial charge in [0, 0.05) is 16.9 Å². The number of nitrogen functional groups attached to an aromatic ring is 1. The molecule has 2 rings (SSSR count). The lowest BCUT2D eigenvalue weighted by Gasteiger charge is -2.18. The lowest BCUT2D eigenvalue weighted by molar-refractivity contribution is 0.355. The van der Waals surface area contributed by atoms with Gasteiger partial charge in [-0.15, -0.1) is 0 Å². The van der Waals surface area contributed by atoms with E-state index in [1.165, 1.54) is 0 Å². The first kappa shape index (κ1) is 13.4. The predicted molar refractivity (Wildman–Crippen MR) is 75.8 cm³/mol. The summed E-state index contributed by atoms with van der Waals surface area (Å²) in [4.78, 5) is 8.94. The molecule has 0 aliphatic carbocycles. The van der Waals surface area contributed by atoms with Crippen LogP contribution in [0.4, 0.5) is 5.82 Å². The Bertz CT molecular complexity index is 618. The second kappa shape index (κ2) is 4.57. The number of nitrogens with zero attached hydrogens (tertiary/aromatic N) is 2. The summed E-state index contributed by atoms with van der Waals surface area (Å²) in [7, 11) is 3.18. The van der Waals surface area contributed by atoms with E-state index in [4.69, 9.17) is 15.2 Å². The van der Waals surface area contributed by atoms with E-state index in [1.807, 2.05) is 26.8 Å². The Hall–Kier alpha value is -2.04. The van der Waals surface area contributed by atoms with Crippen LogP contribution in [0.25, 0.3) is 10.9 Å². The van der Waals surface area contributed by atoms with Crippen LogP contribution in [-0.4, -0.2) is 24.2 Å². The third-order valence-corrected chi connectivity index (χ3v) is 2.90. The van der Waals surface area contributed by atoms with Gasteiger partial charge in [-0.1, -0.05) is 20.8 Å². The van der Waals surface area contributed by atoms with Crippen LogP contribution in [0.15, 0.2) is 12.1 Å². The molecule has 0 atom stereocenters. The van der Waals surface area contributed by atoms with Crippen LogP contribution in [0.2, 0.25) is 0 Å². The zero-order chi connectivity index (χ0) is 14.2. The number of fused-ring (bicyclic) bond motifs is 1. The van der Waals surface area contributed by atoms with Gasteiger partial charge in [0.05, 0.1) is 19.7 Å². The van der Waals surface area contributed by atoms with Crippen molar-refractivity contribution in [3.8, 4) is 11.5 Å². The Labute approximate surface area is 112 Å². The van der Waals surface area contributed by atoms with E-state index in [9.17, 15) is 0 Å². The molecular formula is C14H19N3O2. The minimum atomic E-state index is -0.157. The standard InChI is InChI=1S/C14H19N3O2/c1-14(2,3)13-16-9-7-11(19-5)10(18-4)6-8(9)12(15)17-13/h6-7H,1-5H3,(H2,15,16,17). The van der Waals surface area contributed by atoms with Crippen molar-refractivity contribution in [1.29, 1.82) is 0 Å². The third-order valence-electron chi connectivity index (χ3n) is 2.90. The Morgan fingerprint density at radius 1 is 1.00 bits per heavy atom. The molecule has 0 saturated heterocycles. The van der Waals surface area contributed by atoms with Crippen molar-refractivity contribution in [2.75, 3.05) is 20.0 Å². The number of benzene rings is 1. The van der Waals surface area contributed by atoms with Crippen LogP contribution < -0.4 is 15.2 Å². The number of rotatable bonds is 2. The average Bonchev–Trinajstić information content (AvgIpc) is 2.36. The summed E-state index contributed by atoms with van der Waals surface area (Å²) in [6, 6.07) is 3.62. The Morgan fingerprint density at radius 2 is 1.58 bits per heavy atom. The molecule has 0 bridgehead atoms. The normalized spacial score (nSPS) is 11.6. The largest absolute Gasteiger partial charge is 0.493 e. The van der Waals surface area contributed by atoms with Crippen LogP contribution in [0, 0.1) is 0 Å². The van der Waals surface area contributed by atoms with Crippen LogP contribution in [0.5, 0.6) is 11.5 Å². The maximum Gasteiger partial charge on any atom is 0.162 e. The smallest absolute Gasteiger partial charge is 0.162 e. The van der Waals surface area contributed by atoms with Crippen molar-refractivity contribution >= 4 is 16.7 Å². The van der Waals surface area contributed by atoms with E-state index < -0.39 is 0 Å². The summed E-state index contributed by atoms with van der Waals surface area (Å²) in [5.74, 6) is 2.42. The van der Waals surface area contributed by atoms with Gasteiger partial charge in [0.15, 0.2) is 11.5 Å². The molecule has 0 fully saturated rings. The molecule has 1 aromatic heterocycles. The van der Waals surface area contributed by atoms with Crippen molar-refractivity contribution < 1.29 is 9.47 Å². The fourth-order valence-corrected chi connectivity index (χ4v) is 1.81. The molecule has 0 aliphatic rings. The van der Waals surface area contributed by atoms with Gasteiger partial charge in [0.2, 0.25) is 0 Å². The number of aromatic nitrogens is 2. The molecule has 2 N–H and O–H groups in total. The molecule has 0 radical (unpaired) electrons. The average molecular weight is 261 g/mol. The molecule has 19 heavy (non-hydrogen) atoms. The number of hydrogen-bond donors (Lipinski definition) is 1. The fourth-order valence-electron chi connectivity index (χ4n) is 1.81. The first-order chi connectivity index (χ1) is 8.86. The Kier molecular flexibility index (Phi) is 3.22. The van der Waals surface area contributed by atoms with Gasteiger partial charge in [-0.2, -0.15) is 0 Å². The molecule has 1 aromatic carbocycles. The fraction of sp³-hybridized carbons (Fsp3) is 0.429. The summed E-state index contributed by atoms with van der Waals surface area (Å²) in [5.41, 5.74) is 6.62. The molecule has 5 heteroatoms. The van der Waals surface area contributed by atoms with Gasteiger partial charge in [-0.3, -0.25) is 0 Å². The number of nitrogens with two attached hydrogens (primary N) is 1. The molecule has 0 amide bonds. The summed E-state index contributed by atoms with van der Waals surface area (Å²) in [6.45, 7) is 6.15. The summed E-state index contributed by atoms with van der Waals surface area (Å²) in [5, 5.41) is 0.769. The van der Waals surface area contributed by atoms with E-state index in [2.05, 4.69) is 9.97 Å². The van der Waals surface area contributed by atoms with E-state index in [1.54, 1.807) is 20.3 Å². The molecule has 0 unspecified atom stereocenters. The SMILES string of the molecule is COc1cc2nc(C(C)(C)C)nc(N)c2cc1OC. The van der Waals surface area contributed by atoms with Crippen LogP contribution in [0.3, 0.4) is 0 Å². The summed E-state index contributed by atoms with van der Waals surface area (Å²) >= 11 is 0. The van der Waals surface area contributed by atoms with Crippen molar-refractivity contribution in [3.63, 3.8) is 0 Å². The van der Waals surface area contributed by atoms with Crippen molar-refractivity contribution in [2.24, 2.45) is 0 Å². The molecule has 2 aromatic rings. The van der Waals surface area contributed by atoms with Gasteiger partial charge in [0.25, 0.3) is 0 Å². The third kappa shape index (κ3) is 2.41. The van der Waals surface area contributed by atoms with Crippen molar-refractivity contribution in [3.05, 3.63) is 18.0 Å². The van der Waals surface area contributed by atoms with E-state index in [0.717, 1.165) is 10.9 Å². The number of methoxy groups -OCH3 is 2. The zero-order valence-corrected chi connectivity index (χ0v) is 11.9. The number of anilines is 1. The molecule has 5 nitrogen and oxygen atoms in total. The van der Waals surface area contributed by atoms with E-state index in [0.29, 0.717) is 23.1 Å². The molecule has 0 aliphatic heterocycles. The van der Waals surface area contributed by atoms with Gasteiger partial charge in [-0.05, 0) is 6.07 Å². The Balaban J connectivity index is 2.74. The van der Waals surface area contributed by atoms with Gasteiger partial charge in [-0.25, -0.2) is 9.97 Å². The van der Waals surface area contributed by atoms with Gasteiger partial charge >= 0.3 is 0 Å². The van der Waals surface area contributed by atoms with Crippen molar-refractivity contribution in [2.45, 2.75) is 26.2 Å². The molecule has 102 valence electrons. The van der Waals surface area contributed by atoms with Crippen molar-refractivity contribution in [1.82, 2.24) is 9.97 Å². The number of hydrogen-bond acceptors (Lipinski definition) is 5. The quantitative estimate of drug-likeness (QED) is 0.899. The second-order valence-corrected chi connectivity index (χ2v) is 5.41. The minimum Gasteiger partial charge on any atom is -0.493 e. The molecule has 0 spiro atoms. The molecule has 1 heterocycles. The maximum absolute atomic E-state index is 6.02.